The molecule has 148 valence electrons. The number of carbonyl (C=O) groups excluding carboxylic acids is 1. The van der Waals surface area contributed by atoms with Gasteiger partial charge in [0.15, 0.2) is 0 Å². The van der Waals surface area contributed by atoms with E-state index in [0.29, 0.717) is 31.9 Å². The van der Waals surface area contributed by atoms with Crippen LogP contribution in [0.3, 0.4) is 0 Å². The average molecular weight is 401 g/mol. The summed E-state index contributed by atoms with van der Waals surface area (Å²) in [6, 6.07) is 9.66. The smallest absolute Gasteiger partial charge is 0.270 e. The number of aromatic nitrogens is 1. The molecule has 2 aliphatic rings. The van der Waals surface area contributed by atoms with Crippen molar-refractivity contribution in [3.63, 3.8) is 0 Å². The second-order valence-corrected chi connectivity index (χ2v) is 7.83. The van der Waals surface area contributed by atoms with E-state index < -0.39 is 0 Å². The summed E-state index contributed by atoms with van der Waals surface area (Å²) < 4.78 is 1.53. The Morgan fingerprint density at radius 2 is 1.96 bits per heavy atom. The first-order valence-corrected chi connectivity index (χ1v) is 10.1. The van der Waals surface area contributed by atoms with Crippen molar-refractivity contribution < 1.29 is 4.79 Å². The molecule has 0 spiro atoms. The first kappa shape index (κ1) is 20.2. The van der Waals surface area contributed by atoms with Gasteiger partial charge in [-0.15, -0.1) is 11.8 Å². The summed E-state index contributed by atoms with van der Waals surface area (Å²) in [5.41, 5.74) is 1.39. The molecule has 4 N–H and O–H groups in total. The van der Waals surface area contributed by atoms with Gasteiger partial charge in [-0.1, -0.05) is 18.2 Å². The highest BCUT2D eigenvalue weighted by Gasteiger charge is 2.31. The molecule has 8 nitrogen and oxygen atoms in total. The van der Waals surface area contributed by atoms with Crippen LogP contribution in [0.1, 0.15) is 5.56 Å². The number of hydrogen-bond acceptors (Lipinski definition) is 7. The van der Waals surface area contributed by atoms with Crippen LogP contribution in [0.4, 0.5) is 5.69 Å². The van der Waals surface area contributed by atoms with Gasteiger partial charge in [-0.25, -0.2) is 0 Å². The highest BCUT2D eigenvalue weighted by atomic mass is 32.2. The first-order valence-electron chi connectivity index (χ1n) is 8.98. The van der Waals surface area contributed by atoms with E-state index in [4.69, 9.17) is 0 Å². The summed E-state index contributed by atoms with van der Waals surface area (Å²) in [5.74, 6) is 1.78. The highest BCUT2D eigenvalue weighted by Crippen LogP contribution is 2.29. The topological polar surface area (TPSA) is 116 Å². The Bertz CT molecular complexity index is 984. The lowest BCUT2D eigenvalue weighted by Crippen LogP contribution is -2.54. The summed E-state index contributed by atoms with van der Waals surface area (Å²) in [6.45, 7) is 2.40. The third kappa shape index (κ3) is 3.35. The van der Waals surface area contributed by atoms with Gasteiger partial charge in [0.05, 0.1) is 17.2 Å². The van der Waals surface area contributed by atoms with Crippen molar-refractivity contribution in [2.75, 3.05) is 42.7 Å². The molecule has 0 bridgehead atoms. The molecule has 9 heteroatoms. The summed E-state index contributed by atoms with van der Waals surface area (Å²) in [4.78, 5) is 29.2. The molecule has 28 heavy (non-hydrogen) atoms. The first-order chi connectivity index (χ1) is 13.1. The standard InChI is InChI=1S/C19H21N5O2S.H3N/c1-22-16-5-3-2-4-13(16)17(14(10-20)18(22)25)23-6-8-24(9-7-23)19(26)15-11-27-12-21-15;/h2-5,15,21H,6-9,11-12H2,1H3;1H3. The van der Waals surface area contributed by atoms with Crippen LogP contribution in [0.15, 0.2) is 29.1 Å². The molecule has 0 aliphatic carbocycles. The zero-order valence-electron chi connectivity index (χ0n) is 15.9. The van der Waals surface area contributed by atoms with Gasteiger partial charge >= 0.3 is 0 Å². The van der Waals surface area contributed by atoms with Gasteiger partial charge in [0, 0.05) is 50.2 Å². The molecular weight excluding hydrogens is 376 g/mol. The number of para-hydroxylation sites is 1. The second-order valence-electron chi connectivity index (χ2n) is 6.80. The van der Waals surface area contributed by atoms with Crippen molar-refractivity contribution >= 4 is 34.3 Å². The summed E-state index contributed by atoms with van der Waals surface area (Å²) in [6.07, 6.45) is 0. The number of amides is 1. The van der Waals surface area contributed by atoms with Crippen LogP contribution in [0.5, 0.6) is 0 Å². The Labute approximate surface area is 167 Å². The van der Waals surface area contributed by atoms with Crippen molar-refractivity contribution in [1.82, 2.24) is 20.9 Å². The molecule has 2 aromatic rings. The number of anilines is 1. The fourth-order valence-electron chi connectivity index (χ4n) is 3.83. The number of thioether (sulfide) groups is 1. The SMILES string of the molecule is Cn1c(=O)c(C#N)c(N2CCN(C(=O)C3CSCN3)CC2)c2ccccc21.N. The molecule has 3 heterocycles. The summed E-state index contributed by atoms with van der Waals surface area (Å²) in [5, 5.41) is 13.7. The Morgan fingerprint density at radius 1 is 1.25 bits per heavy atom. The second kappa shape index (κ2) is 8.22. The number of nitriles is 1. The lowest BCUT2D eigenvalue weighted by molar-refractivity contribution is -0.132. The number of aryl methyl sites for hydroxylation is 1. The van der Waals surface area contributed by atoms with Crippen LogP contribution in [0.25, 0.3) is 10.9 Å². The van der Waals surface area contributed by atoms with Gasteiger partial charge in [0.25, 0.3) is 5.56 Å². The quantitative estimate of drug-likeness (QED) is 0.769. The number of nitrogens with one attached hydrogen (secondary N) is 1. The Morgan fingerprint density at radius 3 is 2.61 bits per heavy atom. The summed E-state index contributed by atoms with van der Waals surface area (Å²) >= 11 is 1.74. The van der Waals surface area contributed by atoms with E-state index in [1.54, 1.807) is 18.8 Å². The van der Waals surface area contributed by atoms with E-state index in [2.05, 4.69) is 16.3 Å². The van der Waals surface area contributed by atoms with Gasteiger partial charge in [0.1, 0.15) is 11.6 Å². The van der Waals surface area contributed by atoms with Crippen molar-refractivity contribution in [3.05, 3.63) is 40.2 Å². The molecule has 1 atom stereocenters. The third-order valence-electron chi connectivity index (χ3n) is 5.31. The largest absolute Gasteiger partial charge is 0.366 e. The maximum absolute atomic E-state index is 12.7. The minimum Gasteiger partial charge on any atom is -0.366 e. The number of piperazine rings is 1. The predicted octanol–water partition coefficient (Wildman–Crippen LogP) is 0.883. The number of carbonyl (C=O) groups is 1. The molecular formula is C19H24N6O2S. The van der Waals surface area contributed by atoms with Crippen LogP contribution in [-0.4, -0.2) is 59.2 Å². The highest BCUT2D eigenvalue weighted by molar-refractivity contribution is 7.99. The molecule has 2 saturated heterocycles. The molecule has 1 aromatic carbocycles. The minimum atomic E-state index is -0.281. The van der Waals surface area contributed by atoms with Crippen LogP contribution in [-0.2, 0) is 11.8 Å². The van der Waals surface area contributed by atoms with E-state index in [0.717, 1.165) is 22.5 Å². The normalized spacial score (nSPS) is 19.4. The summed E-state index contributed by atoms with van der Waals surface area (Å²) in [7, 11) is 1.69. The van der Waals surface area contributed by atoms with E-state index in [1.807, 2.05) is 29.2 Å². The van der Waals surface area contributed by atoms with Crippen LogP contribution in [0.2, 0.25) is 0 Å². The predicted molar refractivity (Wildman–Crippen MR) is 112 cm³/mol. The molecule has 1 unspecified atom stereocenters. The number of benzene rings is 1. The fraction of sp³-hybridized carbons (Fsp3) is 0.421. The van der Waals surface area contributed by atoms with E-state index in [-0.39, 0.29) is 29.2 Å². The number of nitrogens with zero attached hydrogens (tertiary/aromatic N) is 4. The van der Waals surface area contributed by atoms with Gasteiger partial charge < -0.3 is 20.5 Å². The zero-order chi connectivity index (χ0) is 19.0. The maximum atomic E-state index is 12.7. The Balaban J connectivity index is 0.00000225. The minimum absolute atomic E-state index is 0. The lowest BCUT2D eigenvalue weighted by Gasteiger charge is -2.37. The Kier molecular flexibility index (Phi) is 5.93. The van der Waals surface area contributed by atoms with Gasteiger partial charge in [-0.05, 0) is 6.07 Å². The molecule has 1 amide bonds. The van der Waals surface area contributed by atoms with E-state index in [9.17, 15) is 14.9 Å². The van der Waals surface area contributed by atoms with Gasteiger partial charge in [-0.3, -0.25) is 14.9 Å². The molecule has 0 saturated carbocycles. The molecule has 1 aromatic heterocycles. The Hall–Kier alpha value is -2.54. The number of rotatable bonds is 2. The van der Waals surface area contributed by atoms with Gasteiger partial charge in [0.2, 0.25) is 5.91 Å². The molecule has 0 radical (unpaired) electrons. The van der Waals surface area contributed by atoms with E-state index in [1.165, 1.54) is 4.57 Å². The molecule has 2 aliphatic heterocycles. The monoisotopic (exact) mass is 400 g/mol. The van der Waals surface area contributed by atoms with Crippen molar-refractivity contribution in [2.24, 2.45) is 7.05 Å². The van der Waals surface area contributed by atoms with Crippen LogP contribution in [0, 0.1) is 11.3 Å². The maximum Gasteiger partial charge on any atom is 0.270 e. The average Bonchev–Trinajstić information content (AvgIpc) is 3.25. The molecule has 2 fully saturated rings. The third-order valence-corrected chi connectivity index (χ3v) is 6.25. The van der Waals surface area contributed by atoms with Crippen molar-refractivity contribution in [2.45, 2.75) is 6.04 Å². The van der Waals surface area contributed by atoms with Crippen molar-refractivity contribution in [1.29, 1.82) is 5.26 Å². The molecule has 4 rings (SSSR count). The van der Waals surface area contributed by atoms with Crippen LogP contribution < -0.4 is 21.9 Å². The number of pyridine rings is 1. The fourth-order valence-corrected chi connectivity index (χ4v) is 4.77. The lowest BCUT2D eigenvalue weighted by atomic mass is 10.1. The zero-order valence-corrected chi connectivity index (χ0v) is 16.7. The van der Waals surface area contributed by atoms with Gasteiger partial charge in [-0.2, -0.15) is 5.26 Å². The number of hydrogen-bond donors (Lipinski definition) is 2. The number of fused-ring (bicyclic) bond motifs is 1. The van der Waals surface area contributed by atoms with E-state index >= 15 is 0 Å². The van der Waals surface area contributed by atoms with Crippen molar-refractivity contribution in [3.8, 4) is 6.07 Å². The van der Waals surface area contributed by atoms with Crippen LogP contribution >= 0.6 is 11.8 Å².